The molecule has 1 unspecified atom stereocenters. The van der Waals surface area contributed by atoms with Crippen LogP contribution < -0.4 is 16.4 Å². The zero-order valence-corrected chi connectivity index (χ0v) is 23.9. The Balaban J connectivity index is 1.11. The minimum atomic E-state index is -0.601. The molecule has 1 saturated carbocycles. The fourth-order valence-electron chi connectivity index (χ4n) is 6.09. The number of nitrogens with one attached hydrogen (secondary N) is 2. The molecule has 0 aliphatic heterocycles. The van der Waals surface area contributed by atoms with E-state index in [0.29, 0.717) is 42.0 Å². The van der Waals surface area contributed by atoms with Crippen molar-refractivity contribution in [3.05, 3.63) is 58.7 Å². The number of nitrogens with zero attached hydrogens (tertiary/aromatic N) is 3. The third kappa shape index (κ3) is 5.23. The van der Waals surface area contributed by atoms with E-state index < -0.39 is 17.7 Å². The van der Waals surface area contributed by atoms with Gasteiger partial charge in [-0.2, -0.15) is 0 Å². The van der Waals surface area contributed by atoms with Crippen molar-refractivity contribution in [2.75, 3.05) is 24.2 Å². The maximum absolute atomic E-state index is 13.3. The highest BCUT2D eigenvalue weighted by molar-refractivity contribution is 6.10. The van der Waals surface area contributed by atoms with Gasteiger partial charge in [-0.05, 0) is 56.7 Å². The number of hydrogen-bond donors (Lipinski definition) is 3. The monoisotopic (exact) mass is 560 g/mol. The van der Waals surface area contributed by atoms with Crippen molar-refractivity contribution >= 4 is 40.8 Å². The molecule has 41 heavy (non-hydrogen) atoms. The molecular formula is C30H36N6O5. The van der Waals surface area contributed by atoms with Crippen molar-refractivity contribution in [2.24, 2.45) is 31.2 Å². The minimum Gasteiger partial charge on any atom is -0.364 e. The molecule has 3 aliphatic rings. The van der Waals surface area contributed by atoms with E-state index in [9.17, 15) is 24.0 Å². The number of hydrogen-bond acceptors (Lipinski definition) is 5. The van der Waals surface area contributed by atoms with Crippen molar-refractivity contribution < 1.29 is 24.0 Å². The van der Waals surface area contributed by atoms with Crippen molar-refractivity contribution in [1.82, 2.24) is 14.0 Å². The highest BCUT2D eigenvalue weighted by atomic mass is 16.2. The third-order valence-corrected chi connectivity index (χ3v) is 8.58. The fraction of sp³-hybridized carbons (Fsp3) is 0.433. The topological polar surface area (TPSA) is 149 Å². The SMILES string of the molecule is CC1=CC2=C(C(=O)C13CC3)C(C(=O)N(C)CCCC(=O)Nc1cc(C(=O)Nc3cc(C(N)=O)n(C)c3)n(C)c1)CC2. The highest BCUT2D eigenvalue weighted by Gasteiger charge is 2.56. The molecule has 0 radical (unpaired) electrons. The van der Waals surface area contributed by atoms with Crippen molar-refractivity contribution in [2.45, 2.75) is 45.4 Å². The smallest absolute Gasteiger partial charge is 0.272 e. The van der Waals surface area contributed by atoms with E-state index in [1.165, 1.54) is 10.6 Å². The molecule has 2 aromatic rings. The van der Waals surface area contributed by atoms with Crippen LogP contribution in [-0.2, 0) is 28.5 Å². The van der Waals surface area contributed by atoms with Gasteiger partial charge >= 0.3 is 0 Å². The summed E-state index contributed by atoms with van der Waals surface area (Å²) in [6.07, 6.45) is 9.14. The normalized spacial score (nSPS) is 18.7. The van der Waals surface area contributed by atoms with Crippen LogP contribution in [0.5, 0.6) is 0 Å². The number of rotatable bonds is 9. The van der Waals surface area contributed by atoms with Gasteiger partial charge in [0.1, 0.15) is 11.4 Å². The summed E-state index contributed by atoms with van der Waals surface area (Å²) in [5.74, 6) is -1.56. The van der Waals surface area contributed by atoms with Crippen LogP contribution in [0, 0.1) is 11.3 Å². The second kappa shape index (κ2) is 10.5. The van der Waals surface area contributed by atoms with E-state index in [2.05, 4.69) is 16.7 Å². The van der Waals surface area contributed by atoms with Crippen LogP contribution in [0.4, 0.5) is 11.4 Å². The molecule has 11 heteroatoms. The predicted octanol–water partition coefficient (Wildman–Crippen LogP) is 2.91. The summed E-state index contributed by atoms with van der Waals surface area (Å²) in [6, 6.07) is 3.06. The van der Waals surface area contributed by atoms with Crippen LogP contribution in [0.25, 0.3) is 0 Å². The molecule has 0 aromatic carbocycles. The van der Waals surface area contributed by atoms with Crippen molar-refractivity contribution in [1.29, 1.82) is 0 Å². The summed E-state index contributed by atoms with van der Waals surface area (Å²) < 4.78 is 3.12. The van der Waals surface area contributed by atoms with E-state index in [-0.39, 0.29) is 35.1 Å². The lowest BCUT2D eigenvalue weighted by Crippen LogP contribution is -2.37. The number of allylic oxidation sites excluding steroid dienone is 3. The molecular weight excluding hydrogens is 524 g/mol. The van der Waals surface area contributed by atoms with Crippen LogP contribution in [0.3, 0.4) is 0 Å². The van der Waals surface area contributed by atoms with E-state index in [1.807, 2.05) is 6.92 Å². The number of anilines is 2. The van der Waals surface area contributed by atoms with Crippen molar-refractivity contribution in [3.63, 3.8) is 0 Å². The average Bonchev–Trinajstić information content (AvgIpc) is 3.27. The zero-order chi connectivity index (χ0) is 29.6. The van der Waals surface area contributed by atoms with Gasteiger partial charge < -0.3 is 30.4 Å². The Hall–Kier alpha value is -4.41. The lowest BCUT2D eigenvalue weighted by Gasteiger charge is -2.27. The maximum Gasteiger partial charge on any atom is 0.272 e. The molecule has 0 saturated heterocycles. The Morgan fingerprint density at radius 3 is 2.32 bits per heavy atom. The molecule has 5 rings (SSSR count). The third-order valence-electron chi connectivity index (χ3n) is 8.58. The van der Waals surface area contributed by atoms with E-state index in [1.54, 1.807) is 49.1 Å². The number of aromatic nitrogens is 2. The van der Waals surface area contributed by atoms with Crippen LogP contribution in [0.2, 0.25) is 0 Å². The molecule has 4 amide bonds. The molecule has 1 fully saturated rings. The van der Waals surface area contributed by atoms with Gasteiger partial charge in [-0.25, -0.2) is 0 Å². The Bertz CT molecular complexity index is 1540. The molecule has 11 nitrogen and oxygen atoms in total. The zero-order valence-electron chi connectivity index (χ0n) is 23.9. The van der Waals surface area contributed by atoms with E-state index in [4.69, 9.17) is 5.73 Å². The molecule has 2 heterocycles. The lowest BCUT2D eigenvalue weighted by molar-refractivity contribution is -0.134. The van der Waals surface area contributed by atoms with Crippen LogP contribution in [0.1, 0.15) is 66.4 Å². The highest BCUT2D eigenvalue weighted by Crippen LogP contribution is 2.58. The minimum absolute atomic E-state index is 0.0624. The molecule has 4 N–H and O–H groups in total. The quantitative estimate of drug-likeness (QED) is 0.431. The summed E-state index contributed by atoms with van der Waals surface area (Å²) in [5, 5.41) is 5.53. The second-order valence-corrected chi connectivity index (χ2v) is 11.4. The number of ketones is 1. The first kappa shape index (κ1) is 28.1. The molecule has 2 aromatic heterocycles. The van der Waals surface area contributed by atoms with Gasteiger partial charge in [0.15, 0.2) is 5.78 Å². The van der Waals surface area contributed by atoms with Gasteiger partial charge in [-0.15, -0.1) is 0 Å². The Labute approximate surface area is 238 Å². The fourth-order valence-corrected chi connectivity index (χ4v) is 6.09. The molecule has 1 spiro atoms. The van der Waals surface area contributed by atoms with E-state index >= 15 is 0 Å². The first-order valence-electron chi connectivity index (χ1n) is 13.9. The summed E-state index contributed by atoms with van der Waals surface area (Å²) in [5.41, 5.74) is 9.32. The average molecular weight is 561 g/mol. The standard InChI is InChI=1S/C30H36N6O5/c1-17-12-18-7-8-21(25(18)26(38)30(17)9-10-30)29(41)34(2)11-5-6-24(37)32-19-14-23(36(4)15-19)28(40)33-20-13-22(27(31)39)35(3)16-20/h12-16,21H,5-11H2,1-4H3,(H2,31,39)(H,32,37)(H,33,40). The summed E-state index contributed by atoms with van der Waals surface area (Å²) >= 11 is 0. The number of amides is 4. The largest absolute Gasteiger partial charge is 0.364 e. The number of Topliss-reactive ketones (excluding diaryl/α,β-unsaturated/α-hetero) is 1. The Morgan fingerprint density at radius 2 is 1.68 bits per heavy atom. The maximum atomic E-state index is 13.3. The molecule has 1 atom stereocenters. The van der Waals surface area contributed by atoms with Gasteiger partial charge in [0.05, 0.1) is 22.7 Å². The lowest BCUT2D eigenvalue weighted by atomic mass is 9.78. The molecule has 0 bridgehead atoms. The number of carbonyl (C=O) groups is 5. The first-order valence-corrected chi connectivity index (χ1v) is 13.9. The number of aryl methyl sites for hydroxylation is 2. The number of carbonyl (C=O) groups excluding carboxylic acids is 5. The van der Waals surface area contributed by atoms with Gasteiger partial charge in [0, 0.05) is 52.1 Å². The Morgan fingerprint density at radius 1 is 1.05 bits per heavy atom. The van der Waals surface area contributed by atoms with Crippen LogP contribution in [0.15, 0.2) is 47.3 Å². The first-order chi connectivity index (χ1) is 19.4. The van der Waals surface area contributed by atoms with Crippen LogP contribution in [-0.4, -0.2) is 57.0 Å². The summed E-state index contributed by atoms with van der Waals surface area (Å²) in [6.45, 7) is 2.42. The van der Waals surface area contributed by atoms with Crippen molar-refractivity contribution in [3.8, 4) is 0 Å². The summed E-state index contributed by atoms with van der Waals surface area (Å²) in [4.78, 5) is 65.0. The van der Waals surface area contributed by atoms with Crippen LogP contribution >= 0.6 is 0 Å². The second-order valence-electron chi connectivity index (χ2n) is 11.4. The van der Waals surface area contributed by atoms with Gasteiger partial charge in [-0.3, -0.25) is 24.0 Å². The Kier molecular flexibility index (Phi) is 7.23. The molecule has 3 aliphatic carbocycles. The van der Waals surface area contributed by atoms with Gasteiger partial charge in [-0.1, -0.05) is 11.6 Å². The van der Waals surface area contributed by atoms with Gasteiger partial charge in [0.25, 0.3) is 11.8 Å². The van der Waals surface area contributed by atoms with Gasteiger partial charge in [0.2, 0.25) is 11.8 Å². The van der Waals surface area contributed by atoms with E-state index in [0.717, 1.165) is 30.4 Å². The number of primary amides is 1. The predicted molar refractivity (Wildman–Crippen MR) is 153 cm³/mol. The molecule has 216 valence electrons. The summed E-state index contributed by atoms with van der Waals surface area (Å²) in [7, 11) is 5.07. The number of nitrogens with two attached hydrogens (primary N) is 1.